The molecule has 2 saturated heterocycles. The van der Waals surface area contributed by atoms with Crippen LogP contribution < -0.4 is 5.32 Å². The average molecular weight is 743 g/mol. The number of amides is 3. The zero-order chi connectivity index (χ0) is 37.4. The third kappa shape index (κ3) is 7.16. The summed E-state index contributed by atoms with van der Waals surface area (Å²) in [6, 6.07) is 12.7. The summed E-state index contributed by atoms with van der Waals surface area (Å²) in [6.45, 7) is 3.69. The average Bonchev–Trinajstić information content (AvgIpc) is 3.80. The third-order valence-electron chi connectivity index (χ3n) is 10.3. The molecule has 0 atom stereocenters. The second-order valence-corrected chi connectivity index (χ2v) is 14.5. The fraction of sp³-hybridized carbons (Fsp3) is 0.316. The van der Waals surface area contributed by atoms with Gasteiger partial charge in [0.2, 0.25) is 5.91 Å². The van der Waals surface area contributed by atoms with Crippen molar-refractivity contribution in [3.8, 4) is 33.8 Å². The summed E-state index contributed by atoms with van der Waals surface area (Å²) in [5.74, 6) is -2.93. The van der Waals surface area contributed by atoms with Crippen LogP contribution in [-0.4, -0.2) is 110 Å². The van der Waals surface area contributed by atoms with Gasteiger partial charge in [-0.1, -0.05) is 23.7 Å². The van der Waals surface area contributed by atoms with Crippen molar-refractivity contribution < 1.29 is 27.6 Å². The molecular weight excluding hydrogens is 704 g/mol. The van der Waals surface area contributed by atoms with Gasteiger partial charge in [-0.05, 0) is 36.4 Å². The number of aromatic nitrogens is 5. The van der Waals surface area contributed by atoms with Gasteiger partial charge in [0.05, 0.1) is 67.2 Å². The molecule has 0 radical (unpaired) electrons. The number of pyridine rings is 1. The number of anilines is 1. The third-order valence-corrected chi connectivity index (χ3v) is 10.6. The van der Waals surface area contributed by atoms with Gasteiger partial charge < -0.3 is 24.2 Å². The Balaban J connectivity index is 0.997. The number of nitrogens with one attached hydrogen (secondary N) is 2. The van der Waals surface area contributed by atoms with Crippen molar-refractivity contribution in [2.24, 2.45) is 13.0 Å². The van der Waals surface area contributed by atoms with Crippen LogP contribution in [0, 0.1) is 17.6 Å². The molecule has 15 heteroatoms. The second kappa shape index (κ2) is 14.5. The van der Waals surface area contributed by atoms with Gasteiger partial charge in [-0.25, -0.2) is 13.8 Å². The number of carbonyl (C=O) groups excluding carboxylic acids is 3. The summed E-state index contributed by atoms with van der Waals surface area (Å²) in [4.78, 5) is 51.8. The molecule has 2 fully saturated rings. The van der Waals surface area contributed by atoms with E-state index >= 15 is 8.78 Å². The molecule has 2 N–H and O–H groups in total. The highest BCUT2D eigenvalue weighted by atomic mass is 35.5. The number of nitrogens with zero attached hydrogens (tertiary/aromatic N) is 7. The lowest BCUT2D eigenvalue weighted by Crippen LogP contribution is -2.54. The number of rotatable bonds is 7. The number of piperazine rings is 1. The molecule has 274 valence electrons. The molecule has 0 spiro atoms. The van der Waals surface area contributed by atoms with E-state index in [0.717, 1.165) is 30.4 Å². The van der Waals surface area contributed by atoms with Crippen LogP contribution in [0.3, 0.4) is 0 Å². The number of hydrogen-bond acceptors (Lipinski definition) is 6. The lowest BCUT2D eigenvalue weighted by molar-refractivity contribution is -0.895. The predicted octanol–water partition coefficient (Wildman–Crippen LogP) is 5.49. The lowest BCUT2D eigenvalue weighted by atomic mass is 9.94. The Morgan fingerprint density at radius 2 is 1.58 bits per heavy atom. The van der Waals surface area contributed by atoms with Crippen molar-refractivity contribution in [3.05, 3.63) is 95.2 Å². The minimum absolute atomic E-state index is 0.00429. The maximum Gasteiger partial charge on any atom is 0.291 e. The number of imidazole rings is 1. The minimum Gasteiger partial charge on any atom is -0.339 e. The van der Waals surface area contributed by atoms with Gasteiger partial charge in [0, 0.05) is 80.6 Å². The van der Waals surface area contributed by atoms with E-state index in [1.165, 1.54) is 42.2 Å². The topological polar surface area (TPSA) is 129 Å². The maximum absolute atomic E-state index is 15.6. The summed E-state index contributed by atoms with van der Waals surface area (Å²) >= 11 is 6.55. The molecule has 0 bridgehead atoms. The van der Waals surface area contributed by atoms with E-state index in [4.69, 9.17) is 11.6 Å². The molecule has 12 nitrogen and oxygen atoms in total. The first kappa shape index (κ1) is 35.9. The number of piperidine rings is 1. The monoisotopic (exact) mass is 742 g/mol. The Morgan fingerprint density at radius 1 is 0.887 bits per heavy atom. The van der Waals surface area contributed by atoms with E-state index in [1.807, 2.05) is 4.90 Å². The number of likely N-dealkylation sites (tertiary alicyclic amines) is 1. The van der Waals surface area contributed by atoms with Crippen molar-refractivity contribution in [2.75, 3.05) is 58.7 Å². The maximum atomic E-state index is 15.6. The van der Waals surface area contributed by atoms with Gasteiger partial charge in [0.25, 0.3) is 11.8 Å². The fourth-order valence-electron chi connectivity index (χ4n) is 7.05. The van der Waals surface area contributed by atoms with Crippen molar-refractivity contribution in [1.29, 1.82) is 0 Å². The van der Waals surface area contributed by atoms with Crippen LogP contribution in [-0.2, 0) is 11.8 Å². The number of carbonyl (C=O) groups is 3. The largest absolute Gasteiger partial charge is 0.339 e. The molecular formula is C38H39ClF2N9O3+. The molecule has 0 saturated carbocycles. The van der Waals surface area contributed by atoms with Gasteiger partial charge in [0.1, 0.15) is 0 Å². The van der Waals surface area contributed by atoms with Crippen LogP contribution in [0.25, 0.3) is 33.8 Å². The molecule has 7 rings (SSSR count). The van der Waals surface area contributed by atoms with E-state index in [1.54, 1.807) is 41.4 Å². The second-order valence-electron chi connectivity index (χ2n) is 14.1. The van der Waals surface area contributed by atoms with Crippen LogP contribution in [0.4, 0.5) is 14.5 Å². The summed E-state index contributed by atoms with van der Waals surface area (Å²) in [7, 11) is 5.89. The van der Waals surface area contributed by atoms with Crippen LogP contribution in [0.1, 0.15) is 33.8 Å². The van der Waals surface area contributed by atoms with Crippen molar-refractivity contribution in [3.63, 3.8) is 0 Å². The zero-order valence-corrected chi connectivity index (χ0v) is 30.3. The highest BCUT2D eigenvalue weighted by Gasteiger charge is 2.35. The number of hydrogen-bond donors (Lipinski definition) is 2. The predicted molar refractivity (Wildman–Crippen MR) is 196 cm³/mol. The first-order valence-corrected chi connectivity index (χ1v) is 17.8. The summed E-state index contributed by atoms with van der Waals surface area (Å²) < 4.78 is 33.5. The summed E-state index contributed by atoms with van der Waals surface area (Å²) in [5, 5.41) is 9.68. The Hall–Kier alpha value is -5.47. The van der Waals surface area contributed by atoms with E-state index < -0.39 is 17.5 Å². The number of H-pyrrole nitrogens is 1. The first-order valence-electron chi connectivity index (χ1n) is 17.4. The smallest absolute Gasteiger partial charge is 0.291 e. The number of halogens is 3. The van der Waals surface area contributed by atoms with Gasteiger partial charge >= 0.3 is 0 Å². The van der Waals surface area contributed by atoms with E-state index in [9.17, 15) is 14.4 Å². The number of quaternary nitrogens is 1. The van der Waals surface area contributed by atoms with E-state index in [0.29, 0.717) is 48.8 Å². The summed E-state index contributed by atoms with van der Waals surface area (Å²) in [6.07, 6.45) is 6.04. The van der Waals surface area contributed by atoms with Crippen molar-refractivity contribution in [1.82, 2.24) is 34.5 Å². The first-order chi connectivity index (χ1) is 25.4. The van der Waals surface area contributed by atoms with E-state index in [-0.39, 0.29) is 51.0 Å². The van der Waals surface area contributed by atoms with Crippen molar-refractivity contribution in [2.45, 2.75) is 12.8 Å². The zero-order valence-electron chi connectivity index (χ0n) is 29.6. The fourth-order valence-corrected chi connectivity index (χ4v) is 7.31. The number of aromatic amines is 1. The quantitative estimate of drug-likeness (QED) is 0.212. The van der Waals surface area contributed by atoms with Crippen LogP contribution in [0.2, 0.25) is 5.02 Å². The van der Waals surface area contributed by atoms with E-state index in [2.05, 4.69) is 39.6 Å². The van der Waals surface area contributed by atoms with Gasteiger partial charge in [-0.2, -0.15) is 5.10 Å². The highest BCUT2D eigenvalue weighted by Crippen LogP contribution is 2.35. The standard InChI is InChI=1S/C38H38ClF2N9O3/c1-47-31(27-10-9-25(32(40)33(27)41)28-21-44-46-34(28)30-6-4-5-13-42-30)22-43-35(47)36(51)45-24-7-8-26(29(39)20-24)38(53)49-16-14-48(15-17-49)37(52)23-11-18-50(2,3)19-12-23/h4-10,13,20-23H,11-12,14-19H2,1-3H3,(H-,42,44,45,46,51,53)/p+1. The van der Waals surface area contributed by atoms with Crippen LogP contribution in [0.5, 0.6) is 0 Å². The van der Waals surface area contributed by atoms with Crippen molar-refractivity contribution >= 4 is 35.0 Å². The number of benzene rings is 2. The molecule has 2 aliphatic rings. The molecule has 3 aromatic heterocycles. The molecule has 5 aromatic rings. The Kier molecular flexibility index (Phi) is 9.83. The summed E-state index contributed by atoms with van der Waals surface area (Å²) in [5.41, 5.74) is 1.99. The Morgan fingerprint density at radius 3 is 2.28 bits per heavy atom. The molecule has 53 heavy (non-hydrogen) atoms. The SMILES string of the molecule is Cn1c(-c2ccc(-c3cn[nH]c3-c3ccccn3)c(F)c2F)cnc1C(=O)Nc1ccc(C(=O)N2CCN(C(=O)C3CC[N+](C)(C)CC3)CC2)c(Cl)c1. The lowest BCUT2D eigenvalue weighted by Gasteiger charge is -2.40. The van der Waals surface area contributed by atoms with Crippen LogP contribution in [0.15, 0.2) is 67.1 Å². The van der Waals surface area contributed by atoms with Gasteiger partial charge in [-0.15, -0.1) is 0 Å². The highest BCUT2D eigenvalue weighted by molar-refractivity contribution is 6.34. The molecule has 2 aliphatic heterocycles. The van der Waals surface area contributed by atoms with Gasteiger partial charge in [0.15, 0.2) is 17.5 Å². The molecule has 3 amide bonds. The normalized spacial score (nSPS) is 16.1. The Bertz CT molecular complexity index is 2190. The van der Waals surface area contributed by atoms with Gasteiger partial charge in [-0.3, -0.25) is 24.5 Å². The molecule has 0 unspecified atom stereocenters. The van der Waals surface area contributed by atoms with Crippen LogP contribution >= 0.6 is 11.6 Å². The Labute approximate surface area is 310 Å². The minimum atomic E-state index is -1.11. The molecule has 5 heterocycles. The molecule has 0 aliphatic carbocycles. The molecule has 2 aromatic carbocycles.